The predicted octanol–water partition coefficient (Wildman–Crippen LogP) is 2.85. The number of carboxylic acid groups (broad SMARTS) is 1. The lowest BCUT2D eigenvalue weighted by molar-refractivity contribution is -0.162. The van der Waals surface area contributed by atoms with E-state index in [2.05, 4.69) is 15.9 Å². The topological polar surface area (TPSA) is 57.5 Å². The summed E-state index contributed by atoms with van der Waals surface area (Å²) in [4.78, 5) is 11.1. The lowest BCUT2D eigenvalue weighted by Gasteiger charge is -2.36. The number of rotatable bonds is 4. The molecule has 3 nitrogen and oxygen atoms in total. The molecule has 0 radical (unpaired) electrons. The molecule has 0 aromatic heterocycles. The molecule has 0 saturated carbocycles. The second kappa shape index (κ2) is 4.78. The zero-order valence-corrected chi connectivity index (χ0v) is 11.8. The van der Waals surface area contributed by atoms with Crippen molar-refractivity contribution >= 4 is 21.9 Å². The molecule has 2 N–H and O–H groups in total. The van der Waals surface area contributed by atoms with Gasteiger partial charge in [0.25, 0.3) is 0 Å². The van der Waals surface area contributed by atoms with Crippen molar-refractivity contribution in [1.29, 1.82) is 0 Å². The Hall–Kier alpha value is -0.870. The fourth-order valence-corrected chi connectivity index (χ4v) is 1.72. The van der Waals surface area contributed by atoms with Gasteiger partial charge in [-0.15, -0.1) is 0 Å². The van der Waals surface area contributed by atoms with E-state index in [1.54, 1.807) is 6.92 Å². The van der Waals surface area contributed by atoms with E-state index in [0.29, 0.717) is 6.42 Å². The molecule has 94 valence electrons. The van der Waals surface area contributed by atoms with Crippen molar-refractivity contribution in [3.8, 4) is 0 Å². The van der Waals surface area contributed by atoms with Crippen LogP contribution in [0.4, 0.5) is 0 Å². The Labute approximate surface area is 110 Å². The van der Waals surface area contributed by atoms with Crippen LogP contribution in [0.2, 0.25) is 0 Å². The molecule has 0 saturated heterocycles. The third kappa shape index (κ3) is 3.07. The van der Waals surface area contributed by atoms with E-state index in [1.165, 1.54) is 13.8 Å². The Morgan fingerprint density at radius 2 is 1.71 bits per heavy atom. The molecule has 0 amide bonds. The molecule has 0 aliphatic heterocycles. The Kier molecular flexibility index (Phi) is 3.99. The van der Waals surface area contributed by atoms with Crippen LogP contribution in [0.3, 0.4) is 0 Å². The molecule has 17 heavy (non-hydrogen) atoms. The van der Waals surface area contributed by atoms with Gasteiger partial charge < -0.3 is 10.2 Å². The minimum absolute atomic E-state index is 0.305. The van der Waals surface area contributed by atoms with E-state index < -0.39 is 17.0 Å². The van der Waals surface area contributed by atoms with Crippen LogP contribution in [-0.4, -0.2) is 21.8 Å². The lowest BCUT2D eigenvalue weighted by Crippen LogP contribution is -2.48. The van der Waals surface area contributed by atoms with Crippen LogP contribution < -0.4 is 0 Å². The van der Waals surface area contributed by atoms with Crippen molar-refractivity contribution in [2.24, 2.45) is 5.41 Å². The van der Waals surface area contributed by atoms with Gasteiger partial charge in [0.05, 0.1) is 11.0 Å². The molecular formula is C13H17BrO3. The number of aliphatic hydroxyl groups is 1. The fraction of sp³-hybridized carbons (Fsp3) is 0.462. The van der Waals surface area contributed by atoms with Gasteiger partial charge in [0.2, 0.25) is 0 Å². The monoisotopic (exact) mass is 300 g/mol. The van der Waals surface area contributed by atoms with E-state index in [-0.39, 0.29) is 0 Å². The average molecular weight is 301 g/mol. The normalized spacial score (nSPS) is 15.4. The van der Waals surface area contributed by atoms with E-state index in [9.17, 15) is 9.90 Å². The third-order valence-electron chi connectivity index (χ3n) is 3.34. The van der Waals surface area contributed by atoms with Crippen molar-refractivity contribution in [3.63, 3.8) is 0 Å². The average Bonchev–Trinajstić information content (AvgIpc) is 2.20. The maximum atomic E-state index is 11.1. The fourth-order valence-electron chi connectivity index (χ4n) is 1.45. The van der Waals surface area contributed by atoms with Gasteiger partial charge in [-0.25, -0.2) is 0 Å². The highest BCUT2D eigenvalue weighted by Crippen LogP contribution is 2.34. The van der Waals surface area contributed by atoms with Crippen LogP contribution in [0.25, 0.3) is 0 Å². The van der Waals surface area contributed by atoms with Crippen LogP contribution in [0, 0.1) is 5.41 Å². The van der Waals surface area contributed by atoms with Crippen molar-refractivity contribution in [1.82, 2.24) is 0 Å². The van der Waals surface area contributed by atoms with Gasteiger partial charge in [0.15, 0.2) is 0 Å². The Bertz CT molecular complexity index is 407. The molecule has 1 aromatic carbocycles. The first kappa shape index (κ1) is 14.2. The zero-order chi connectivity index (χ0) is 13.3. The quantitative estimate of drug-likeness (QED) is 0.899. The summed E-state index contributed by atoms with van der Waals surface area (Å²) in [5, 5.41) is 19.5. The summed E-state index contributed by atoms with van der Waals surface area (Å²) in [5.41, 5.74) is -1.58. The third-order valence-corrected chi connectivity index (χ3v) is 3.87. The first-order valence-electron chi connectivity index (χ1n) is 5.37. The largest absolute Gasteiger partial charge is 0.481 e. The van der Waals surface area contributed by atoms with Gasteiger partial charge in [-0.1, -0.05) is 28.1 Å². The summed E-state index contributed by atoms with van der Waals surface area (Å²) in [6.45, 7) is 4.63. The molecule has 0 bridgehead atoms. The Morgan fingerprint density at radius 3 is 2.12 bits per heavy atom. The molecule has 4 heteroatoms. The molecule has 0 aliphatic rings. The van der Waals surface area contributed by atoms with E-state index in [1.807, 2.05) is 24.3 Å². The number of carbonyl (C=O) groups is 1. The minimum Gasteiger partial charge on any atom is -0.481 e. The van der Waals surface area contributed by atoms with E-state index >= 15 is 0 Å². The highest BCUT2D eigenvalue weighted by Gasteiger charge is 2.45. The van der Waals surface area contributed by atoms with Gasteiger partial charge >= 0.3 is 5.97 Å². The Morgan fingerprint density at radius 1 is 1.24 bits per heavy atom. The number of halogens is 1. The van der Waals surface area contributed by atoms with Gasteiger partial charge in [-0.2, -0.15) is 0 Å². The van der Waals surface area contributed by atoms with Crippen molar-refractivity contribution in [3.05, 3.63) is 34.3 Å². The van der Waals surface area contributed by atoms with Gasteiger partial charge in [0, 0.05) is 10.9 Å². The summed E-state index contributed by atoms with van der Waals surface area (Å²) in [6, 6.07) is 7.49. The molecule has 1 rings (SSSR count). The number of benzene rings is 1. The zero-order valence-electron chi connectivity index (χ0n) is 10.2. The van der Waals surface area contributed by atoms with Crippen LogP contribution >= 0.6 is 15.9 Å². The maximum absolute atomic E-state index is 11.1. The molecule has 0 spiro atoms. The summed E-state index contributed by atoms with van der Waals surface area (Å²) in [5.74, 6) is -1.00. The first-order valence-corrected chi connectivity index (χ1v) is 6.16. The van der Waals surface area contributed by atoms with Crippen LogP contribution in [0.15, 0.2) is 28.7 Å². The molecule has 0 heterocycles. The lowest BCUT2D eigenvalue weighted by atomic mass is 9.73. The van der Waals surface area contributed by atoms with Crippen molar-refractivity contribution < 1.29 is 15.0 Å². The standard InChI is InChI=1S/C13H17BrO3/c1-12(2,11(15)16)13(3,17)8-9-4-6-10(14)7-5-9/h4-7,17H,8H2,1-3H3,(H,15,16). The van der Waals surface area contributed by atoms with Crippen molar-refractivity contribution in [2.75, 3.05) is 0 Å². The summed E-state index contributed by atoms with van der Waals surface area (Å²) in [7, 11) is 0. The second-order valence-corrected chi connectivity index (χ2v) is 5.92. The second-order valence-electron chi connectivity index (χ2n) is 5.01. The van der Waals surface area contributed by atoms with Crippen LogP contribution in [0.1, 0.15) is 26.3 Å². The molecule has 0 fully saturated rings. The maximum Gasteiger partial charge on any atom is 0.312 e. The molecule has 1 unspecified atom stereocenters. The van der Waals surface area contributed by atoms with E-state index in [0.717, 1.165) is 10.0 Å². The van der Waals surface area contributed by atoms with Crippen molar-refractivity contribution in [2.45, 2.75) is 32.8 Å². The predicted molar refractivity (Wildman–Crippen MR) is 69.9 cm³/mol. The highest BCUT2D eigenvalue weighted by molar-refractivity contribution is 9.10. The smallest absolute Gasteiger partial charge is 0.312 e. The minimum atomic E-state index is -1.30. The first-order chi connectivity index (χ1) is 7.67. The number of hydrogen-bond donors (Lipinski definition) is 2. The highest BCUT2D eigenvalue weighted by atomic mass is 79.9. The molecule has 1 atom stereocenters. The Balaban J connectivity index is 2.93. The SMILES string of the molecule is CC(O)(Cc1ccc(Br)cc1)C(C)(C)C(=O)O. The molecular weight excluding hydrogens is 284 g/mol. The summed E-state index contributed by atoms with van der Waals surface area (Å²) in [6.07, 6.45) is 0.305. The van der Waals surface area contributed by atoms with Crippen LogP contribution in [0.5, 0.6) is 0 Å². The molecule has 0 aliphatic carbocycles. The molecule has 1 aromatic rings. The van der Waals surface area contributed by atoms with Gasteiger partial charge in [-0.05, 0) is 38.5 Å². The number of aliphatic carboxylic acids is 1. The number of hydrogen-bond acceptors (Lipinski definition) is 2. The summed E-state index contributed by atoms with van der Waals surface area (Å²) >= 11 is 3.33. The van der Waals surface area contributed by atoms with Gasteiger partial charge in [0.1, 0.15) is 0 Å². The van der Waals surface area contributed by atoms with Crippen LogP contribution in [-0.2, 0) is 11.2 Å². The van der Waals surface area contributed by atoms with E-state index in [4.69, 9.17) is 5.11 Å². The summed E-state index contributed by atoms with van der Waals surface area (Å²) < 4.78 is 0.957. The number of carboxylic acids is 1. The van der Waals surface area contributed by atoms with Gasteiger partial charge in [-0.3, -0.25) is 4.79 Å².